The van der Waals surface area contributed by atoms with Gasteiger partial charge in [-0.15, -0.1) is 0 Å². The summed E-state index contributed by atoms with van der Waals surface area (Å²) in [6, 6.07) is 11.9. The molecule has 1 fully saturated rings. The molecule has 0 bridgehead atoms. The van der Waals surface area contributed by atoms with Crippen molar-refractivity contribution in [1.82, 2.24) is 10.2 Å². The van der Waals surface area contributed by atoms with Gasteiger partial charge in [0.25, 0.3) is 0 Å². The number of rotatable bonds is 5. The highest BCUT2D eigenvalue weighted by Gasteiger charge is 2.25. The van der Waals surface area contributed by atoms with Gasteiger partial charge in [-0.2, -0.15) is 0 Å². The number of nitrogens with one attached hydrogen (secondary N) is 2. The van der Waals surface area contributed by atoms with Crippen LogP contribution >= 0.6 is 0 Å². The Kier molecular flexibility index (Phi) is 5.57. The second-order valence-electron chi connectivity index (χ2n) is 8.13. The fourth-order valence-corrected chi connectivity index (χ4v) is 4.48. The SMILES string of the molecule is CN1CCc2cc([C@H](CNC(=O)Nc3ccc4c(c3)OCO4)N3CCOCC3)ccc21. The number of nitrogens with zero attached hydrogens (tertiary/aromatic N) is 2. The molecule has 1 atom stereocenters. The summed E-state index contributed by atoms with van der Waals surface area (Å²) in [5, 5.41) is 5.95. The Morgan fingerprint density at radius 1 is 1.06 bits per heavy atom. The Labute approximate surface area is 182 Å². The predicted octanol–water partition coefficient (Wildman–Crippen LogP) is 2.60. The van der Waals surface area contributed by atoms with Crippen molar-refractivity contribution in [3.8, 4) is 11.5 Å². The van der Waals surface area contributed by atoms with Gasteiger partial charge in [-0.1, -0.05) is 12.1 Å². The molecule has 0 aliphatic carbocycles. The van der Waals surface area contributed by atoms with Gasteiger partial charge in [0, 0.05) is 50.7 Å². The van der Waals surface area contributed by atoms with Crippen LogP contribution in [0.15, 0.2) is 36.4 Å². The number of carbonyl (C=O) groups is 1. The van der Waals surface area contributed by atoms with Gasteiger partial charge in [-0.25, -0.2) is 4.79 Å². The van der Waals surface area contributed by atoms with Crippen molar-refractivity contribution in [2.45, 2.75) is 12.5 Å². The summed E-state index contributed by atoms with van der Waals surface area (Å²) in [4.78, 5) is 17.3. The summed E-state index contributed by atoms with van der Waals surface area (Å²) in [6.07, 6.45) is 1.06. The lowest BCUT2D eigenvalue weighted by Gasteiger charge is -2.35. The van der Waals surface area contributed by atoms with Gasteiger partial charge in [0.15, 0.2) is 11.5 Å². The zero-order valence-corrected chi connectivity index (χ0v) is 17.7. The Morgan fingerprint density at radius 3 is 2.77 bits per heavy atom. The molecule has 0 radical (unpaired) electrons. The highest BCUT2D eigenvalue weighted by Crippen LogP contribution is 2.34. The first kappa shape index (κ1) is 20.0. The Balaban J connectivity index is 1.28. The Hall–Kier alpha value is -2.97. The van der Waals surface area contributed by atoms with Gasteiger partial charge in [0.1, 0.15) is 0 Å². The zero-order chi connectivity index (χ0) is 21.2. The minimum Gasteiger partial charge on any atom is -0.454 e. The molecule has 0 aromatic heterocycles. The number of ether oxygens (including phenoxy) is 3. The second kappa shape index (κ2) is 8.64. The lowest BCUT2D eigenvalue weighted by Crippen LogP contribution is -2.44. The number of hydrogen-bond acceptors (Lipinski definition) is 6. The maximum atomic E-state index is 12.6. The van der Waals surface area contributed by atoms with E-state index in [1.54, 1.807) is 12.1 Å². The third-order valence-corrected chi connectivity index (χ3v) is 6.19. The third-order valence-electron chi connectivity index (χ3n) is 6.19. The monoisotopic (exact) mass is 424 g/mol. The molecule has 0 unspecified atom stereocenters. The number of morpholine rings is 1. The summed E-state index contributed by atoms with van der Waals surface area (Å²) in [7, 11) is 2.13. The maximum absolute atomic E-state index is 12.6. The first-order chi connectivity index (χ1) is 15.2. The molecule has 0 spiro atoms. The molecule has 5 rings (SSSR count). The molecule has 8 nitrogen and oxygen atoms in total. The predicted molar refractivity (Wildman–Crippen MR) is 118 cm³/mol. The van der Waals surface area contributed by atoms with E-state index in [0.29, 0.717) is 36.9 Å². The van der Waals surface area contributed by atoms with E-state index in [4.69, 9.17) is 14.2 Å². The topological polar surface area (TPSA) is 75.3 Å². The van der Waals surface area contributed by atoms with Crippen molar-refractivity contribution in [3.05, 3.63) is 47.5 Å². The van der Waals surface area contributed by atoms with E-state index in [0.717, 1.165) is 26.1 Å². The van der Waals surface area contributed by atoms with E-state index in [1.165, 1.54) is 16.8 Å². The molecular weight excluding hydrogens is 396 g/mol. The van der Waals surface area contributed by atoms with Crippen LogP contribution < -0.4 is 25.0 Å². The fraction of sp³-hybridized carbons (Fsp3) is 0.435. The smallest absolute Gasteiger partial charge is 0.319 e. The van der Waals surface area contributed by atoms with Crippen molar-refractivity contribution in [2.75, 3.05) is 63.5 Å². The number of urea groups is 1. The van der Waals surface area contributed by atoms with E-state index >= 15 is 0 Å². The maximum Gasteiger partial charge on any atom is 0.319 e. The number of benzene rings is 2. The molecule has 3 aliphatic heterocycles. The molecule has 3 heterocycles. The molecule has 2 aromatic rings. The van der Waals surface area contributed by atoms with Crippen LogP contribution in [-0.2, 0) is 11.2 Å². The molecule has 31 heavy (non-hydrogen) atoms. The molecule has 0 saturated carbocycles. The summed E-state index contributed by atoms with van der Waals surface area (Å²) >= 11 is 0. The Morgan fingerprint density at radius 2 is 1.90 bits per heavy atom. The number of fused-ring (bicyclic) bond motifs is 2. The van der Waals surface area contributed by atoms with Crippen LogP contribution in [0, 0.1) is 0 Å². The standard InChI is InChI=1S/C23H28N4O4/c1-26-7-6-17-12-16(2-4-19(17)26)20(27-8-10-29-11-9-27)14-24-23(28)25-18-3-5-21-22(13-18)31-15-30-21/h2-5,12-13,20H,6-11,14-15H2,1H3,(H2,24,25,28)/t20-/m0/s1. The molecule has 164 valence electrons. The third kappa shape index (κ3) is 4.26. The van der Waals surface area contributed by atoms with Crippen LogP contribution in [0.4, 0.5) is 16.2 Å². The Bertz CT molecular complexity index is 961. The number of anilines is 2. The highest BCUT2D eigenvalue weighted by molar-refractivity contribution is 5.89. The van der Waals surface area contributed by atoms with Crippen LogP contribution in [0.1, 0.15) is 17.2 Å². The van der Waals surface area contributed by atoms with E-state index < -0.39 is 0 Å². The molecular formula is C23H28N4O4. The van der Waals surface area contributed by atoms with E-state index in [1.807, 2.05) is 6.07 Å². The summed E-state index contributed by atoms with van der Waals surface area (Å²) < 4.78 is 16.3. The molecule has 1 saturated heterocycles. The first-order valence-corrected chi connectivity index (χ1v) is 10.8. The lowest BCUT2D eigenvalue weighted by molar-refractivity contribution is 0.0168. The van der Waals surface area contributed by atoms with Crippen molar-refractivity contribution >= 4 is 17.4 Å². The van der Waals surface area contributed by atoms with Gasteiger partial charge in [0.05, 0.1) is 19.3 Å². The summed E-state index contributed by atoms with van der Waals surface area (Å²) in [5.74, 6) is 1.34. The van der Waals surface area contributed by atoms with Gasteiger partial charge >= 0.3 is 6.03 Å². The van der Waals surface area contributed by atoms with E-state index in [-0.39, 0.29) is 18.9 Å². The van der Waals surface area contributed by atoms with Gasteiger partial charge < -0.3 is 29.7 Å². The average Bonchev–Trinajstić information content (AvgIpc) is 3.41. The van der Waals surface area contributed by atoms with Crippen molar-refractivity contribution in [2.24, 2.45) is 0 Å². The summed E-state index contributed by atoms with van der Waals surface area (Å²) in [5.41, 5.74) is 4.59. The van der Waals surface area contributed by atoms with E-state index in [9.17, 15) is 4.79 Å². The fourth-order valence-electron chi connectivity index (χ4n) is 4.48. The number of amides is 2. The molecule has 2 aromatic carbocycles. The van der Waals surface area contributed by atoms with Crippen LogP contribution in [0.3, 0.4) is 0 Å². The normalized spacial score (nSPS) is 18.5. The van der Waals surface area contributed by atoms with Crippen LogP contribution in [0.25, 0.3) is 0 Å². The van der Waals surface area contributed by atoms with Gasteiger partial charge in [0.2, 0.25) is 6.79 Å². The lowest BCUT2D eigenvalue weighted by atomic mass is 10.0. The highest BCUT2D eigenvalue weighted by atomic mass is 16.7. The molecule has 2 N–H and O–H groups in total. The van der Waals surface area contributed by atoms with Crippen molar-refractivity contribution in [3.63, 3.8) is 0 Å². The van der Waals surface area contributed by atoms with Gasteiger partial charge in [-0.3, -0.25) is 4.90 Å². The summed E-state index contributed by atoms with van der Waals surface area (Å²) in [6.45, 7) is 4.92. The number of hydrogen-bond donors (Lipinski definition) is 2. The number of likely N-dealkylation sites (N-methyl/N-ethyl adjacent to an activating group) is 1. The van der Waals surface area contributed by atoms with Crippen molar-refractivity contribution < 1.29 is 19.0 Å². The minimum atomic E-state index is -0.238. The minimum absolute atomic E-state index is 0.0996. The van der Waals surface area contributed by atoms with Crippen LogP contribution in [-0.4, -0.2) is 64.2 Å². The largest absolute Gasteiger partial charge is 0.454 e. The first-order valence-electron chi connectivity index (χ1n) is 10.8. The quantitative estimate of drug-likeness (QED) is 0.769. The molecule has 3 aliphatic rings. The molecule has 2 amide bonds. The van der Waals surface area contributed by atoms with Crippen LogP contribution in [0.2, 0.25) is 0 Å². The van der Waals surface area contributed by atoms with Gasteiger partial charge in [-0.05, 0) is 35.7 Å². The molecule has 8 heteroatoms. The zero-order valence-electron chi connectivity index (χ0n) is 17.7. The van der Waals surface area contributed by atoms with Crippen molar-refractivity contribution in [1.29, 1.82) is 0 Å². The number of carbonyl (C=O) groups excluding carboxylic acids is 1. The van der Waals surface area contributed by atoms with Crippen LogP contribution in [0.5, 0.6) is 11.5 Å². The average molecular weight is 425 g/mol. The van der Waals surface area contributed by atoms with E-state index in [2.05, 4.69) is 45.7 Å². The second-order valence-corrected chi connectivity index (χ2v) is 8.13.